The number of nitrogens with one attached hydrogen (secondary N) is 1. The third-order valence-corrected chi connectivity index (χ3v) is 2.64. The molecule has 1 amide bonds. The molecule has 94 valence electrons. The molecule has 17 heavy (non-hydrogen) atoms. The van der Waals surface area contributed by atoms with Crippen LogP contribution in [-0.4, -0.2) is 21.4 Å². The Hall–Kier alpha value is -1.36. The second-order valence-electron chi connectivity index (χ2n) is 4.69. The lowest BCUT2D eigenvalue weighted by Crippen LogP contribution is -2.36. The molecule has 0 fully saturated rings. The quantitative estimate of drug-likeness (QED) is 0.805. The predicted molar refractivity (Wildman–Crippen MR) is 68.0 cm³/mol. The van der Waals surface area contributed by atoms with Gasteiger partial charge in [0.15, 0.2) is 0 Å². The van der Waals surface area contributed by atoms with E-state index in [1.165, 1.54) is 0 Å². The highest BCUT2D eigenvalue weighted by atomic mass is 35.5. The number of aromatic nitrogens is 2. The second kappa shape index (κ2) is 4.87. The third-order valence-electron chi connectivity index (χ3n) is 2.27. The Labute approximate surface area is 106 Å². The highest BCUT2D eigenvalue weighted by Gasteiger charge is 2.22. The van der Waals surface area contributed by atoms with Crippen LogP contribution in [0, 0.1) is 13.8 Å². The average Bonchev–Trinajstić information content (AvgIpc) is 2.10. The predicted octanol–water partition coefficient (Wildman–Crippen LogP) is 1.81. The molecule has 0 atom stereocenters. The fraction of sp³-hybridized carbons (Fsp3) is 0.545. The van der Waals surface area contributed by atoms with Gasteiger partial charge in [0.2, 0.25) is 5.91 Å². The van der Waals surface area contributed by atoms with E-state index in [1.807, 2.05) is 20.8 Å². The number of rotatable bonds is 4. The number of carbonyl (C=O) groups excluding carboxylic acids is 1. The summed E-state index contributed by atoms with van der Waals surface area (Å²) in [6, 6.07) is 0. The molecule has 0 bridgehead atoms. The summed E-state index contributed by atoms with van der Waals surface area (Å²) >= 11 is 5.97. The zero-order valence-corrected chi connectivity index (χ0v) is 11.2. The molecular weight excluding hydrogens is 240 g/mol. The highest BCUT2D eigenvalue weighted by Crippen LogP contribution is 2.23. The number of primary amides is 1. The zero-order chi connectivity index (χ0) is 13.2. The van der Waals surface area contributed by atoms with Crippen molar-refractivity contribution in [3.63, 3.8) is 0 Å². The van der Waals surface area contributed by atoms with Crippen molar-refractivity contribution in [3.05, 3.63) is 16.5 Å². The minimum atomic E-state index is -0.472. The summed E-state index contributed by atoms with van der Waals surface area (Å²) in [6.45, 7) is 7.34. The number of carbonyl (C=O) groups is 1. The number of nitrogens with zero attached hydrogens (tertiary/aromatic N) is 2. The normalized spacial score (nSPS) is 11.4. The number of hydrogen-bond donors (Lipinski definition) is 2. The first kappa shape index (κ1) is 13.7. The Morgan fingerprint density at radius 2 is 2.00 bits per heavy atom. The second-order valence-corrected chi connectivity index (χ2v) is 5.05. The van der Waals surface area contributed by atoms with Gasteiger partial charge in [0.25, 0.3) is 0 Å². The SMILES string of the molecule is Cc1nc(Cl)c(C)c(NC(C)(C)CC(N)=O)n1. The van der Waals surface area contributed by atoms with Gasteiger partial charge in [-0.2, -0.15) is 0 Å². The van der Waals surface area contributed by atoms with Crippen LogP contribution < -0.4 is 11.1 Å². The van der Waals surface area contributed by atoms with E-state index in [1.54, 1.807) is 6.92 Å². The molecule has 6 heteroatoms. The van der Waals surface area contributed by atoms with Crippen molar-refractivity contribution in [3.8, 4) is 0 Å². The molecule has 0 radical (unpaired) electrons. The van der Waals surface area contributed by atoms with Crippen molar-refractivity contribution in [2.24, 2.45) is 5.73 Å². The number of halogens is 1. The maximum atomic E-state index is 10.9. The van der Waals surface area contributed by atoms with Gasteiger partial charge < -0.3 is 11.1 Å². The van der Waals surface area contributed by atoms with Gasteiger partial charge in [-0.1, -0.05) is 11.6 Å². The number of aryl methyl sites for hydroxylation is 1. The molecule has 3 N–H and O–H groups in total. The first-order valence-corrected chi connectivity index (χ1v) is 5.66. The van der Waals surface area contributed by atoms with Crippen LogP contribution in [-0.2, 0) is 4.79 Å². The van der Waals surface area contributed by atoms with Crippen LogP contribution in [0.25, 0.3) is 0 Å². The standard InChI is InChI=1S/C11H17ClN4O/c1-6-9(12)14-7(2)15-10(6)16-11(3,4)5-8(13)17/h5H2,1-4H3,(H2,13,17)(H,14,15,16). The van der Waals surface area contributed by atoms with Crippen LogP contribution in [0.5, 0.6) is 0 Å². The van der Waals surface area contributed by atoms with Crippen LogP contribution in [0.15, 0.2) is 0 Å². The van der Waals surface area contributed by atoms with Crippen LogP contribution in [0.2, 0.25) is 5.15 Å². The van der Waals surface area contributed by atoms with Crippen LogP contribution in [0.4, 0.5) is 5.82 Å². The molecule has 5 nitrogen and oxygen atoms in total. The molecule has 0 aromatic carbocycles. The topological polar surface area (TPSA) is 80.9 Å². The van der Waals surface area contributed by atoms with E-state index in [9.17, 15) is 4.79 Å². The van der Waals surface area contributed by atoms with Gasteiger partial charge in [0.05, 0.1) is 0 Å². The molecule has 1 rings (SSSR count). The maximum absolute atomic E-state index is 10.9. The lowest BCUT2D eigenvalue weighted by Gasteiger charge is -2.26. The van der Waals surface area contributed by atoms with Gasteiger partial charge in [-0.15, -0.1) is 0 Å². The van der Waals surface area contributed by atoms with Crippen molar-refractivity contribution >= 4 is 23.3 Å². The number of anilines is 1. The first-order chi connectivity index (χ1) is 7.71. The van der Waals surface area contributed by atoms with Crippen molar-refractivity contribution in [2.75, 3.05) is 5.32 Å². The minimum Gasteiger partial charge on any atom is -0.370 e. The van der Waals surface area contributed by atoms with E-state index >= 15 is 0 Å². The first-order valence-electron chi connectivity index (χ1n) is 5.28. The molecule has 1 heterocycles. The van der Waals surface area contributed by atoms with Crippen LogP contribution in [0.1, 0.15) is 31.7 Å². The summed E-state index contributed by atoms with van der Waals surface area (Å²) in [5.74, 6) is 0.851. The lowest BCUT2D eigenvalue weighted by molar-refractivity contribution is -0.118. The molecule has 0 saturated carbocycles. The van der Waals surface area contributed by atoms with Gasteiger partial charge in [-0.05, 0) is 27.7 Å². The largest absolute Gasteiger partial charge is 0.370 e. The summed E-state index contributed by atoms with van der Waals surface area (Å²) < 4.78 is 0. The average molecular weight is 257 g/mol. The van der Waals surface area contributed by atoms with Crippen molar-refractivity contribution in [2.45, 2.75) is 39.7 Å². The molecule has 0 aliphatic heterocycles. The molecule has 0 aliphatic rings. The Balaban J connectivity index is 2.98. The van der Waals surface area contributed by atoms with E-state index in [0.29, 0.717) is 16.8 Å². The van der Waals surface area contributed by atoms with Gasteiger partial charge >= 0.3 is 0 Å². The Morgan fingerprint density at radius 3 is 2.53 bits per heavy atom. The van der Waals surface area contributed by atoms with Gasteiger partial charge in [0.1, 0.15) is 16.8 Å². The van der Waals surface area contributed by atoms with E-state index < -0.39 is 5.54 Å². The smallest absolute Gasteiger partial charge is 0.219 e. The summed E-state index contributed by atoms with van der Waals surface area (Å²) in [5, 5.41) is 3.58. The maximum Gasteiger partial charge on any atom is 0.219 e. The fourth-order valence-electron chi connectivity index (χ4n) is 1.52. The molecule has 0 saturated heterocycles. The van der Waals surface area contributed by atoms with Crippen molar-refractivity contribution in [1.29, 1.82) is 0 Å². The molecule has 0 spiro atoms. The van der Waals surface area contributed by atoms with E-state index in [-0.39, 0.29) is 12.3 Å². The van der Waals surface area contributed by atoms with Gasteiger partial charge in [0, 0.05) is 17.5 Å². The zero-order valence-electron chi connectivity index (χ0n) is 10.5. The Kier molecular flexibility index (Phi) is 3.93. The summed E-state index contributed by atoms with van der Waals surface area (Å²) in [5.41, 5.74) is 5.48. The van der Waals surface area contributed by atoms with Crippen LogP contribution in [0.3, 0.4) is 0 Å². The van der Waals surface area contributed by atoms with Crippen LogP contribution >= 0.6 is 11.6 Å². The van der Waals surface area contributed by atoms with E-state index in [2.05, 4.69) is 15.3 Å². The Bertz CT molecular complexity index is 445. The summed E-state index contributed by atoms with van der Waals surface area (Å²) in [6.07, 6.45) is 0.215. The number of nitrogens with two attached hydrogens (primary N) is 1. The highest BCUT2D eigenvalue weighted by molar-refractivity contribution is 6.30. The molecule has 0 unspecified atom stereocenters. The summed E-state index contributed by atoms with van der Waals surface area (Å²) in [4.78, 5) is 19.3. The molecule has 1 aromatic rings. The lowest BCUT2D eigenvalue weighted by atomic mass is 10.00. The molecule has 1 aromatic heterocycles. The van der Waals surface area contributed by atoms with E-state index in [4.69, 9.17) is 17.3 Å². The van der Waals surface area contributed by atoms with Crippen molar-refractivity contribution in [1.82, 2.24) is 9.97 Å². The molecule has 0 aliphatic carbocycles. The number of amides is 1. The minimum absolute atomic E-state index is 0.215. The van der Waals surface area contributed by atoms with Gasteiger partial charge in [-0.25, -0.2) is 9.97 Å². The molecular formula is C11H17ClN4O. The summed E-state index contributed by atoms with van der Waals surface area (Å²) in [7, 11) is 0. The van der Waals surface area contributed by atoms with E-state index in [0.717, 1.165) is 5.56 Å². The Morgan fingerprint density at radius 1 is 1.41 bits per heavy atom. The number of hydrogen-bond acceptors (Lipinski definition) is 4. The van der Waals surface area contributed by atoms with Gasteiger partial charge in [-0.3, -0.25) is 4.79 Å². The third kappa shape index (κ3) is 3.85. The fourth-order valence-corrected chi connectivity index (χ4v) is 1.73. The van der Waals surface area contributed by atoms with Crippen molar-refractivity contribution < 1.29 is 4.79 Å². The monoisotopic (exact) mass is 256 g/mol.